The molecule has 0 spiro atoms. The number of halogens is 3. The number of rotatable bonds is 1. The van der Waals surface area contributed by atoms with E-state index in [4.69, 9.17) is 7.85 Å². The minimum Gasteiger partial charge on any atom is -0.870 e. The average molecular weight is 220 g/mol. The Morgan fingerprint density at radius 3 is 2.13 bits per heavy atom. The van der Waals surface area contributed by atoms with Gasteiger partial charge in [0, 0.05) is 0 Å². The average Bonchev–Trinajstić information content (AvgIpc) is 1.94. The third-order valence-electron chi connectivity index (χ3n) is 1.47. The second-order valence-electron chi connectivity index (χ2n) is 2.57. The van der Waals surface area contributed by atoms with Crippen molar-refractivity contribution in [3.8, 4) is 5.75 Å². The van der Waals surface area contributed by atoms with Crippen LogP contribution in [0.3, 0.4) is 0 Å². The first kappa shape index (κ1) is 16.2. The molecule has 0 aromatic heterocycles. The van der Waals surface area contributed by atoms with Gasteiger partial charge in [-0.1, -0.05) is 0 Å². The van der Waals surface area contributed by atoms with Crippen LogP contribution in [-0.4, -0.2) is 25.2 Å². The summed E-state index contributed by atoms with van der Waals surface area (Å²) < 4.78 is 38.8. The number of hydrogen-bond donors (Lipinski definition) is 0. The first-order chi connectivity index (χ1) is 5.88. The summed E-state index contributed by atoms with van der Waals surface area (Å²) in [4.78, 5) is 0. The van der Waals surface area contributed by atoms with Crippen molar-refractivity contribution in [2.45, 2.75) is 13.3 Å². The summed E-state index contributed by atoms with van der Waals surface area (Å²) in [7, 11) is 5.42. The molecule has 0 aliphatic carbocycles. The Kier molecular flexibility index (Phi) is 6.08. The normalized spacial score (nSPS) is 10.0. The summed E-state index contributed by atoms with van der Waals surface area (Å²) in [5.74, 6) is -0.251. The van der Waals surface area contributed by atoms with E-state index in [1.54, 1.807) is 6.92 Å². The van der Waals surface area contributed by atoms with Crippen molar-refractivity contribution in [2.75, 3.05) is 0 Å². The Hall–Kier alpha value is -1.21. The number of benzene rings is 1. The molecule has 0 saturated heterocycles. The third-order valence-corrected chi connectivity index (χ3v) is 1.47. The van der Waals surface area contributed by atoms with Gasteiger partial charge in [0.25, 0.3) is 0 Å². The van der Waals surface area contributed by atoms with Crippen LogP contribution in [0.15, 0.2) is 18.2 Å². The van der Waals surface area contributed by atoms with Crippen LogP contribution in [0, 0.1) is 6.92 Å². The van der Waals surface area contributed by atoms with E-state index in [0.29, 0.717) is 11.0 Å². The predicted octanol–water partition coefficient (Wildman–Crippen LogP) is 1.33. The molecule has 3 nitrogen and oxygen atoms in total. The predicted molar refractivity (Wildman–Crippen MR) is 47.1 cm³/mol. The standard InChI is InChI=1S/C8H6BF3O.2H2O/c1-5-4-6(2-3-7(5)9)13-8(10,11)12;;/h2-4H,1H3;2*1H2/q+2;;/p-2. The van der Waals surface area contributed by atoms with Gasteiger partial charge in [0.1, 0.15) is 0 Å². The molecule has 0 fully saturated rings. The molecule has 0 bridgehead atoms. The summed E-state index contributed by atoms with van der Waals surface area (Å²) in [5.41, 5.74) is 0.997. The maximum absolute atomic E-state index is 11.7. The van der Waals surface area contributed by atoms with Gasteiger partial charge in [0.2, 0.25) is 0 Å². The third kappa shape index (κ3) is 5.29. The molecule has 82 valence electrons. The zero-order valence-electron chi connectivity index (χ0n) is 7.75. The molecule has 0 heterocycles. The van der Waals surface area contributed by atoms with Crippen LogP contribution in [0.5, 0.6) is 5.75 Å². The van der Waals surface area contributed by atoms with Crippen LogP contribution in [0.4, 0.5) is 13.2 Å². The SMILES string of the molecule is [B+2]c1ccc(OC(F)(F)F)cc1C.[OH-].[OH-]. The topological polar surface area (TPSA) is 69.2 Å². The summed E-state index contributed by atoms with van der Waals surface area (Å²) in [6, 6.07) is 3.79. The van der Waals surface area contributed by atoms with Gasteiger partial charge in [-0.25, -0.2) is 0 Å². The van der Waals surface area contributed by atoms with Gasteiger partial charge in [0.15, 0.2) is 0 Å². The van der Waals surface area contributed by atoms with Crippen LogP contribution in [0.25, 0.3) is 0 Å². The fraction of sp³-hybridized carbons (Fsp3) is 0.250. The van der Waals surface area contributed by atoms with Gasteiger partial charge < -0.3 is 11.0 Å². The molecule has 1 aromatic carbocycles. The van der Waals surface area contributed by atoms with E-state index in [9.17, 15) is 13.2 Å². The van der Waals surface area contributed by atoms with Crippen LogP contribution in [-0.2, 0) is 0 Å². The Balaban J connectivity index is 0. The van der Waals surface area contributed by atoms with Gasteiger partial charge in [-0.05, 0) is 0 Å². The van der Waals surface area contributed by atoms with E-state index in [2.05, 4.69) is 4.74 Å². The molecule has 7 heteroatoms. The zero-order chi connectivity index (χ0) is 10.1. The van der Waals surface area contributed by atoms with Crippen molar-refractivity contribution >= 4 is 13.3 Å². The fourth-order valence-electron chi connectivity index (χ4n) is 0.845. The Labute approximate surface area is 85.9 Å². The van der Waals surface area contributed by atoms with Crippen LogP contribution in [0.1, 0.15) is 5.56 Å². The van der Waals surface area contributed by atoms with Crippen molar-refractivity contribution in [1.82, 2.24) is 0 Å². The van der Waals surface area contributed by atoms with Crippen molar-refractivity contribution in [2.24, 2.45) is 0 Å². The van der Waals surface area contributed by atoms with E-state index in [1.165, 1.54) is 18.2 Å². The minimum absolute atomic E-state index is 0. The molecule has 0 saturated carbocycles. The molecule has 15 heavy (non-hydrogen) atoms. The maximum atomic E-state index is 11.7. The second kappa shape index (κ2) is 5.62. The van der Waals surface area contributed by atoms with Crippen molar-refractivity contribution < 1.29 is 28.9 Å². The molecular formula is C8H8BF3O3. The summed E-state index contributed by atoms with van der Waals surface area (Å²) >= 11 is 0. The Morgan fingerprint density at radius 1 is 1.20 bits per heavy atom. The number of hydrogen-bond acceptors (Lipinski definition) is 3. The summed E-state index contributed by atoms with van der Waals surface area (Å²) in [5, 5.41) is 0. The Morgan fingerprint density at radius 2 is 1.73 bits per heavy atom. The maximum Gasteiger partial charge on any atom is -0.870 e. The van der Waals surface area contributed by atoms with Gasteiger partial charge in [-0.3, -0.25) is 0 Å². The summed E-state index contributed by atoms with van der Waals surface area (Å²) in [6.07, 6.45) is -4.65. The smallest absolute Gasteiger partial charge is 0.870 e. The number of aryl methyl sites for hydroxylation is 1. The quantitative estimate of drug-likeness (QED) is 0.670. The van der Waals surface area contributed by atoms with E-state index in [0.717, 1.165) is 0 Å². The van der Waals surface area contributed by atoms with Crippen LogP contribution < -0.4 is 10.2 Å². The minimum atomic E-state index is -4.65. The fourth-order valence-corrected chi connectivity index (χ4v) is 0.845. The first-order valence-corrected chi connectivity index (χ1v) is 3.50. The van der Waals surface area contributed by atoms with Crippen molar-refractivity contribution in [3.05, 3.63) is 23.8 Å². The van der Waals surface area contributed by atoms with Gasteiger partial charge in [-0.15, -0.1) is 0 Å². The molecule has 0 aliphatic heterocycles. The van der Waals surface area contributed by atoms with Gasteiger partial charge in [0.05, 0.1) is 0 Å². The number of alkyl halides is 3. The molecule has 2 N–H and O–H groups in total. The first-order valence-electron chi connectivity index (χ1n) is 3.50. The van der Waals surface area contributed by atoms with Crippen molar-refractivity contribution in [1.29, 1.82) is 0 Å². The Bertz CT molecular complexity index is 314. The molecule has 1 aromatic rings. The molecule has 0 amide bonds. The molecule has 0 radical (unpaired) electrons. The van der Waals surface area contributed by atoms with E-state index < -0.39 is 6.36 Å². The van der Waals surface area contributed by atoms with Crippen LogP contribution >= 0.6 is 0 Å². The molecular weight excluding hydrogens is 212 g/mol. The summed E-state index contributed by atoms with van der Waals surface area (Å²) in [6.45, 7) is 1.61. The van der Waals surface area contributed by atoms with E-state index >= 15 is 0 Å². The van der Waals surface area contributed by atoms with Crippen molar-refractivity contribution in [3.63, 3.8) is 0 Å². The largest absolute Gasteiger partial charge is 0.870 e. The van der Waals surface area contributed by atoms with Gasteiger partial charge >= 0.3 is 74.0 Å². The van der Waals surface area contributed by atoms with E-state index in [-0.39, 0.29) is 16.7 Å². The number of ether oxygens (including phenoxy) is 1. The molecule has 1 rings (SSSR count). The monoisotopic (exact) mass is 220 g/mol. The molecule has 0 unspecified atom stereocenters. The molecule has 0 atom stereocenters. The van der Waals surface area contributed by atoms with E-state index in [1.807, 2.05) is 0 Å². The van der Waals surface area contributed by atoms with Gasteiger partial charge in [-0.2, -0.15) is 0 Å². The zero-order valence-corrected chi connectivity index (χ0v) is 7.75. The molecule has 0 aliphatic rings. The van der Waals surface area contributed by atoms with Crippen LogP contribution in [0.2, 0.25) is 0 Å². The second-order valence-corrected chi connectivity index (χ2v) is 2.57.